The lowest BCUT2D eigenvalue weighted by atomic mass is 9.47. The van der Waals surface area contributed by atoms with Crippen molar-refractivity contribution in [1.82, 2.24) is 9.88 Å². The van der Waals surface area contributed by atoms with E-state index < -0.39 is 5.60 Å². The summed E-state index contributed by atoms with van der Waals surface area (Å²) in [5, 5.41) is 14.8. The van der Waals surface area contributed by atoms with Crippen molar-refractivity contribution in [3.63, 3.8) is 0 Å². The van der Waals surface area contributed by atoms with Gasteiger partial charge in [0.15, 0.2) is 5.13 Å². The second-order valence-corrected chi connectivity index (χ2v) is 11.8. The van der Waals surface area contributed by atoms with Gasteiger partial charge in [-0.15, -0.1) is 11.3 Å². The number of thiazole rings is 1. The minimum Gasteiger partial charge on any atom is -0.390 e. The molecule has 2 aromatic rings. The molecule has 2 unspecified atom stereocenters. The van der Waals surface area contributed by atoms with Crippen molar-refractivity contribution in [1.29, 1.82) is 0 Å². The molecule has 31 heavy (non-hydrogen) atoms. The second-order valence-electron chi connectivity index (χ2n) is 10.7. The number of anilines is 1. The van der Waals surface area contributed by atoms with Gasteiger partial charge in [0, 0.05) is 37.4 Å². The molecule has 1 amide bonds. The van der Waals surface area contributed by atoms with E-state index in [0.717, 1.165) is 69.0 Å². The highest BCUT2D eigenvalue weighted by Gasteiger charge is 2.57. The van der Waals surface area contributed by atoms with E-state index in [1.165, 1.54) is 16.9 Å². The molecule has 2 atom stereocenters. The smallest absolute Gasteiger partial charge is 0.226 e. The number of rotatable bonds is 5. The fourth-order valence-corrected chi connectivity index (χ4v) is 8.46. The largest absolute Gasteiger partial charge is 0.390 e. The summed E-state index contributed by atoms with van der Waals surface area (Å²) in [5.41, 5.74) is 1.98. The fourth-order valence-electron chi connectivity index (χ4n) is 7.39. The average molecular weight is 438 g/mol. The lowest BCUT2D eigenvalue weighted by molar-refractivity contribution is -0.167. The number of aromatic nitrogens is 1. The zero-order valence-electron chi connectivity index (χ0n) is 18.0. The van der Waals surface area contributed by atoms with Gasteiger partial charge in [0.1, 0.15) is 0 Å². The Bertz CT molecular complexity index is 974. The third-order valence-electron chi connectivity index (χ3n) is 7.99. The molecule has 0 saturated heterocycles. The Morgan fingerprint density at radius 2 is 1.97 bits per heavy atom. The average Bonchev–Trinajstić information content (AvgIpc) is 3.07. The second kappa shape index (κ2) is 7.39. The molecule has 164 valence electrons. The number of nitrogens with one attached hydrogen (secondary N) is 1. The van der Waals surface area contributed by atoms with Crippen molar-refractivity contribution >= 4 is 22.4 Å². The van der Waals surface area contributed by atoms with Crippen LogP contribution in [0.5, 0.6) is 0 Å². The third kappa shape index (κ3) is 3.94. The van der Waals surface area contributed by atoms with E-state index in [-0.39, 0.29) is 11.3 Å². The molecule has 2 N–H and O–H groups in total. The molecular weight excluding hydrogens is 406 g/mol. The number of fused-ring (bicyclic) bond motifs is 1. The molecule has 4 aliphatic carbocycles. The maximum Gasteiger partial charge on any atom is 0.226 e. The predicted octanol–water partition coefficient (Wildman–Crippen LogP) is 4.36. The summed E-state index contributed by atoms with van der Waals surface area (Å²) < 4.78 is 0. The number of carbonyl (C=O) groups is 1. The first-order chi connectivity index (χ1) is 15.0. The van der Waals surface area contributed by atoms with Crippen LogP contribution in [0.4, 0.5) is 5.13 Å². The topological polar surface area (TPSA) is 65.5 Å². The summed E-state index contributed by atoms with van der Waals surface area (Å²) >= 11 is 1.64. The van der Waals surface area contributed by atoms with Crippen LogP contribution in [0.1, 0.15) is 61.1 Å². The number of aliphatic hydroxyl groups is 1. The van der Waals surface area contributed by atoms with E-state index in [1.807, 2.05) is 0 Å². The van der Waals surface area contributed by atoms with E-state index in [2.05, 4.69) is 40.5 Å². The lowest BCUT2D eigenvalue weighted by Crippen LogP contribution is -2.56. The molecule has 5 aliphatic rings. The molecule has 1 aromatic heterocycles. The van der Waals surface area contributed by atoms with Gasteiger partial charge in [0.25, 0.3) is 0 Å². The number of hydrogen-bond acceptors (Lipinski definition) is 5. The standard InChI is InChI=1S/C25H31N3O2S/c29-22(13-24-9-18-8-19(10-24)12-25(30,11-18)16-24)27-23-26-20-6-7-28(15-21(20)31-23)14-17-4-2-1-3-5-17/h1-5,18-19,30H,6-16H2,(H,26,27,29). The van der Waals surface area contributed by atoms with Crippen molar-refractivity contribution in [2.24, 2.45) is 17.3 Å². The Balaban J connectivity index is 1.10. The van der Waals surface area contributed by atoms with Gasteiger partial charge in [-0.2, -0.15) is 0 Å². The molecule has 0 radical (unpaired) electrons. The van der Waals surface area contributed by atoms with Crippen LogP contribution in [-0.2, 0) is 24.3 Å². The summed E-state index contributed by atoms with van der Waals surface area (Å²) in [7, 11) is 0. The van der Waals surface area contributed by atoms with Crippen LogP contribution in [-0.4, -0.2) is 33.0 Å². The van der Waals surface area contributed by atoms with E-state index in [4.69, 9.17) is 4.98 Å². The van der Waals surface area contributed by atoms with Crippen LogP contribution in [0.2, 0.25) is 0 Å². The van der Waals surface area contributed by atoms with Gasteiger partial charge in [0.2, 0.25) is 5.91 Å². The third-order valence-corrected chi connectivity index (χ3v) is 8.99. The number of amides is 1. The van der Waals surface area contributed by atoms with Crippen LogP contribution in [0.25, 0.3) is 0 Å². The highest BCUT2D eigenvalue weighted by Crippen LogP contribution is 2.62. The highest BCUT2D eigenvalue weighted by molar-refractivity contribution is 7.15. The van der Waals surface area contributed by atoms with E-state index in [9.17, 15) is 9.90 Å². The van der Waals surface area contributed by atoms with Crippen LogP contribution >= 0.6 is 11.3 Å². The Labute approximate surface area is 187 Å². The van der Waals surface area contributed by atoms with Crippen LogP contribution in [0.15, 0.2) is 30.3 Å². The number of hydrogen-bond donors (Lipinski definition) is 2. The monoisotopic (exact) mass is 437 g/mol. The molecule has 2 heterocycles. The van der Waals surface area contributed by atoms with Gasteiger partial charge in [-0.25, -0.2) is 4.98 Å². The van der Waals surface area contributed by atoms with Crippen LogP contribution in [0.3, 0.4) is 0 Å². The molecule has 7 rings (SSSR count). The van der Waals surface area contributed by atoms with Crippen molar-refractivity contribution in [2.45, 2.75) is 70.1 Å². The van der Waals surface area contributed by atoms with Crippen molar-refractivity contribution < 1.29 is 9.90 Å². The summed E-state index contributed by atoms with van der Waals surface area (Å²) in [5.74, 6) is 1.31. The van der Waals surface area contributed by atoms with E-state index >= 15 is 0 Å². The maximum absolute atomic E-state index is 13.0. The first-order valence-electron chi connectivity index (χ1n) is 11.7. The first kappa shape index (κ1) is 19.9. The SMILES string of the molecule is O=C(CC12CC3CC(CC(O)(C3)C1)C2)Nc1nc2c(s1)CN(Cc1ccccc1)CC2. The first-order valence-corrected chi connectivity index (χ1v) is 12.5. The number of carbonyl (C=O) groups excluding carboxylic acids is 1. The van der Waals surface area contributed by atoms with Crippen molar-refractivity contribution in [2.75, 3.05) is 11.9 Å². The number of benzene rings is 1. The van der Waals surface area contributed by atoms with Crippen LogP contribution < -0.4 is 5.32 Å². The van der Waals surface area contributed by atoms with Gasteiger partial charge < -0.3 is 10.4 Å². The molecular formula is C25H31N3O2S. The minimum absolute atomic E-state index is 0.00623. The number of nitrogens with zero attached hydrogens (tertiary/aromatic N) is 2. The van der Waals surface area contributed by atoms with E-state index in [1.54, 1.807) is 11.3 Å². The normalized spacial score (nSPS) is 34.0. The van der Waals surface area contributed by atoms with Crippen LogP contribution in [0, 0.1) is 17.3 Å². The molecule has 1 aromatic carbocycles. The maximum atomic E-state index is 13.0. The Hall–Kier alpha value is -1.76. The molecule has 4 saturated carbocycles. The highest BCUT2D eigenvalue weighted by atomic mass is 32.1. The molecule has 1 aliphatic heterocycles. The minimum atomic E-state index is -0.507. The zero-order valence-corrected chi connectivity index (χ0v) is 18.8. The van der Waals surface area contributed by atoms with Gasteiger partial charge in [-0.3, -0.25) is 9.69 Å². The fraction of sp³-hybridized carbons (Fsp3) is 0.600. The van der Waals surface area contributed by atoms with Gasteiger partial charge in [0.05, 0.1) is 11.3 Å². The zero-order chi connectivity index (χ0) is 21.1. The van der Waals surface area contributed by atoms with Crippen molar-refractivity contribution in [3.8, 4) is 0 Å². The molecule has 5 nitrogen and oxygen atoms in total. The lowest BCUT2D eigenvalue weighted by Gasteiger charge is -2.60. The summed E-state index contributed by atoms with van der Waals surface area (Å²) in [6, 6.07) is 10.6. The molecule has 4 bridgehead atoms. The van der Waals surface area contributed by atoms with Gasteiger partial charge in [-0.1, -0.05) is 30.3 Å². The Morgan fingerprint density at radius 1 is 1.19 bits per heavy atom. The van der Waals surface area contributed by atoms with Gasteiger partial charge >= 0.3 is 0 Å². The molecule has 4 fully saturated rings. The van der Waals surface area contributed by atoms with Gasteiger partial charge in [-0.05, 0) is 61.3 Å². The summed E-state index contributed by atoms with van der Waals surface area (Å²) in [4.78, 5) is 21.5. The quantitative estimate of drug-likeness (QED) is 0.729. The summed E-state index contributed by atoms with van der Waals surface area (Å²) in [6.07, 6.45) is 7.66. The Morgan fingerprint density at radius 3 is 2.71 bits per heavy atom. The predicted molar refractivity (Wildman–Crippen MR) is 122 cm³/mol. The molecule has 0 spiro atoms. The van der Waals surface area contributed by atoms with Crippen molar-refractivity contribution in [3.05, 3.63) is 46.5 Å². The molecule has 6 heteroatoms. The Kier molecular flexibility index (Phi) is 4.74. The summed E-state index contributed by atoms with van der Waals surface area (Å²) in [6.45, 7) is 2.86. The van der Waals surface area contributed by atoms with E-state index in [0.29, 0.717) is 18.3 Å².